The molecule has 2 amide bonds. The third-order valence-corrected chi connectivity index (χ3v) is 6.61. The van der Waals surface area contributed by atoms with Gasteiger partial charge in [-0.2, -0.15) is 0 Å². The molecule has 3 unspecified atom stereocenters. The van der Waals surface area contributed by atoms with Crippen molar-refractivity contribution in [3.63, 3.8) is 0 Å². The standard InChI is InChI=1S/C22H27N5O2/c1-14(2)20-23-10-12-26(20)11-9-19(28)27-15-7-8-18(27)22(13-15)24-17-6-4-3-5-16(17)21(29)25-22/h3-6,10,12,14-15,18,24H,7-9,11,13H2,1-2H3,(H,25,29). The van der Waals surface area contributed by atoms with Crippen LogP contribution in [0, 0.1) is 0 Å². The lowest BCUT2D eigenvalue weighted by atomic mass is 9.86. The number of nitrogens with one attached hydrogen (secondary N) is 2. The van der Waals surface area contributed by atoms with E-state index in [9.17, 15) is 9.59 Å². The zero-order chi connectivity index (χ0) is 20.2. The highest BCUT2D eigenvalue weighted by molar-refractivity contribution is 6.02. The highest BCUT2D eigenvalue weighted by atomic mass is 16.2. The molecule has 7 nitrogen and oxygen atoms in total. The number of carbonyl (C=O) groups is 2. The van der Waals surface area contributed by atoms with E-state index < -0.39 is 5.66 Å². The molecule has 3 aliphatic heterocycles. The minimum atomic E-state index is -0.553. The van der Waals surface area contributed by atoms with E-state index in [1.165, 1.54) is 0 Å². The van der Waals surface area contributed by atoms with E-state index >= 15 is 0 Å². The van der Waals surface area contributed by atoms with Crippen molar-refractivity contribution < 1.29 is 9.59 Å². The maximum Gasteiger partial charge on any atom is 0.255 e. The van der Waals surface area contributed by atoms with Gasteiger partial charge in [0.05, 0.1) is 11.6 Å². The van der Waals surface area contributed by atoms with Crippen LogP contribution in [0.3, 0.4) is 0 Å². The quantitative estimate of drug-likeness (QED) is 0.837. The third kappa shape index (κ3) is 2.82. The molecule has 1 aromatic heterocycles. The molecule has 152 valence electrons. The van der Waals surface area contributed by atoms with Crippen LogP contribution in [-0.4, -0.2) is 44.0 Å². The number of para-hydroxylation sites is 1. The van der Waals surface area contributed by atoms with Crippen molar-refractivity contribution in [1.29, 1.82) is 0 Å². The van der Waals surface area contributed by atoms with Crippen LogP contribution in [0.25, 0.3) is 0 Å². The maximum absolute atomic E-state index is 13.2. The number of amides is 2. The highest BCUT2D eigenvalue weighted by Crippen LogP contribution is 2.46. The molecule has 5 rings (SSSR count). The fourth-order valence-electron chi connectivity index (χ4n) is 5.41. The molecule has 4 heterocycles. The zero-order valence-corrected chi connectivity index (χ0v) is 16.9. The minimum Gasteiger partial charge on any atom is -0.360 e. The predicted molar refractivity (Wildman–Crippen MR) is 109 cm³/mol. The summed E-state index contributed by atoms with van der Waals surface area (Å²) in [5.74, 6) is 1.44. The molecule has 0 aliphatic carbocycles. The predicted octanol–water partition coefficient (Wildman–Crippen LogP) is 2.71. The number of imidazole rings is 1. The number of nitrogens with zero attached hydrogens (tertiary/aromatic N) is 3. The fourth-order valence-corrected chi connectivity index (χ4v) is 5.41. The first kappa shape index (κ1) is 18.2. The molecule has 1 aromatic carbocycles. The molecule has 2 N–H and O–H groups in total. The van der Waals surface area contributed by atoms with Crippen LogP contribution in [-0.2, 0) is 11.3 Å². The van der Waals surface area contributed by atoms with Gasteiger partial charge >= 0.3 is 0 Å². The van der Waals surface area contributed by atoms with E-state index in [1.807, 2.05) is 35.4 Å². The SMILES string of the molecule is CC(C)c1nccn1CCC(=O)N1C2CCC1C1(C2)NC(=O)c2ccccc2N1. The Labute approximate surface area is 170 Å². The molecule has 29 heavy (non-hydrogen) atoms. The monoisotopic (exact) mass is 393 g/mol. The number of aryl methyl sites for hydroxylation is 1. The Morgan fingerprint density at radius 1 is 1.28 bits per heavy atom. The summed E-state index contributed by atoms with van der Waals surface area (Å²) >= 11 is 0. The van der Waals surface area contributed by atoms with Gasteiger partial charge in [0.25, 0.3) is 5.91 Å². The van der Waals surface area contributed by atoms with Gasteiger partial charge in [0.15, 0.2) is 0 Å². The van der Waals surface area contributed by atoms with Gasteiger partial charge in [-0.1, -0.05) is 26.0 Å². The summed E-state index contributed by atoms with van der Waals surface area (Å²) < 4.78 is 2.08. The van der Waals surface area contributed by atoms with Crippen LogP contribution in [0.15, 0.2) is 36.7 Å². The summed E-state index contributed by atoms with van der Waals surface area (Å²) in [5, 5.41) is 6.77. The number of hydrogen-bond acceptors (Lipinski definition) is 4. The van der Waals surface area contributed by atoms with Gasteiger partial charge in [-0.25, -0.2) is 4.98 Å². The van der Waals surface area contributed by atoms with E-state index in [4.69, 9.17) is 0 Å². The van der Waals surface area contributed by atoms with Gasteiger partial charge in [-0.05, 0) is 25.0 Å². The Bertz CT molecular complexity index is 968. The molecule has 2 bridgehead atoms. The molecule has 1 spiro atoms. The van der Waals surface area contributed by atoms with Crippen molar-refractivity contribution >= 4 is 17.5 Å². The summed E-state index contributed by atoms with van der Waals surface area (Å²) in [7, 11) is 0. The molecule has 0 radical (unpaired) electrons. The lowest BCUT2D eigenvalue weighted by Crippen LogP contribution is -2.64. The molecule has 3 aliphatic rings. The van der Waals surface area contributed by atoms with Gasteiger partial charge in [0.2, 0.25) is 5.91 Å². The van der Waals surface area contributed by atoms with Crippen LogP contribution in [0.2, 0.25) is 0 Å². The average molecular weight is 393 g/mol. The Kier molecular flexibility index (Phi) is 4.15. The van der Waals surface area contributed by atoms with Crippen molar-refractivity contribution in [3.05, 3.63) is 48.0 Å². The molecule has 2 aromatic rings. The molecule has 3 atom stereocenters. The van der Waals surface area contributed by atoms with Crippen molar-refractivity contribution in [2.24, 2.45) is 0 Å². The van der Waals surface area contributed by atoms with Crippen molar-refractivity contribution in [3.8, 4) is 0 Å². The number of rotatable bonds is 4. The van der Waals surface area contributed by atoms with Gasteiger partial charge in [-0.3, -0.25) is 9.59 Å². The smallest absolute Gasteiger partial charge is 0.255 e. The van der Waals surface area contributed by atoms with Gasteiger partial charge in [0, 0.05) is 49.4 Å². The average Bonchev–Trinajstić information content (AvgIpc) is 3.39. The molecule has 2 fully saturated rings. The van der Waals surface area contributed by atoms with E-state index in [0.29, 0.717) is 24.4 Å². The Balaban J connectivity index is 1.34. The van der Waals surface area contributed by atoms with Crippen LogP contribution < -0.4 is 10.6 Å². The number of anilines is 1. The van der Waals surface area contributed by atoms with Gasteiger partial charge < -0.3 is 20.1 Å². The molecule has 7 heteroatoms. The number of hydrogen-bond donors (Lipinski definition) is 2. The van der Waals surface area contributed by atoms with Crippen LogP contribution >= 0.6 is 0 Å². The summed E-state index contributed by atoms with van der Waals surface area (Å²) in [5.41, 5.74) is 0.971. The summed E-state index contributed by atoms with van der Waals surface area (Å²) in [6.07, 6.45) is 6.86. The number of fused-ring (bicyclic) bond motifs is 4. The Morgan fingerprint density at radius 3 is 2.93 bits per heavy atom. The van der Waals surface area contributed by atoms with Crippen molar-refractivity contribution in [2.75, 3.05) is 5.32 Å². The van der Waals surface area contributed by atoms with Crippen molar-refractivity contribution in [2.45, 2.75) is 69.7 Å². The lowest BCUT2D eigenvalue weighted by Gasteiger charge is -2.43. The summed E-state index contributed by atoms with van der Waals surface area (Å²) in [6.45, 7) is 4.86. The van der Waals surface area contributed by atoms with Gasteiger partial charge in [-0.15, -0.1) is 0 Å². The first-order valence-electron chi connectivity index (χ1n) is 10.5. The first-order valence-corrected chi connectivity index (χ1v) is 10.5. The normalized spacial score (nSPS) is 27.3. The zero-order valence-electron chi connectivity index (χ0n) is 16.9. The lowest BCUT2D eigenvalue weighted by molar-refractivity contribution is -0.133. The molecule has 0 saturated carbocycles. The van der Waals surface area contributed by atoms with E-state index in [1.54, 1.807) is 6.20 Å². The fraction of sp³-hybridized carbons (Fsp3) is 0.500. The van der Waals surface area contributed by atoms with E-state index in [-0.39, 0.29) is 23.9 Å². The Hall–Kier alpha value is -2.83. The van der Waals surface area contributed by atoms with E-state index in [0.717, 1.165) is 30.8 Å². The molecule has 2 saturated heterocycles. The topological polar surface area (TPSA) is 79.3 Å². The second kappa shape index (κ2) is 6.61. The largest absolute Gasteiger partial charge is 0.360 e. The highest BCUT2D eigenvalue weighted by Gasteiger charge is 2.59. The number of aromatic nitrogens is 2. The Morgan fingerprint density at radius 2 is 2.10 bits per heavy atom. The number of carbonyl (C=O) groups excluding carboxylic acids is 2. The minimum absolute atomic E-state index is 0.00957. The molecular weight excluding hydrogens is 366 g/mol. The second-order valence-electron chi connectivity index (χ2n) is 8.73. The molecular formula is C22H27N5O2. The summed E-state index contributed by atoms with van der Waals surface area (Å²) in [4.78, 5) is 32.4. The van der Waals surface area contributed by atoms with Crippen molar-refractivity contribution in [1.82, 2.24) is 19.8 Å². The van der Waals surface area contributed by atoms with E-state index in [2.05, 4.69) is 34.0 Å². The second-order valence-corrected chi connectivity index (χ2v) is 8.73. The number of benzene rings is 1. The van der Waals surface area contributed by atoms with Crippen LogP contribution in [0.4, 0.5) is 5.69 Å². The van der Waals surface area contributed by atoms with Gasteiger partial charge in [0.1, 0.15) is 11.5 Å². The maximum atomic E-state index is 13.2. The summed E-state index contributed by atoms with van der Waals surface area (Å²) in [6, 6.07) is 7.75. The third-order valence-electron chi connectivity index (χ3n) is 6.61. The van der Waals surface area contributed by atoms with Crippen LogP contribution in [0.5, 0.6) is 0 Å². The van der Waals surface area contributed by atoms with Crippen LogP contribution in [0.1, 0.15) is 61.6 Å². The first-order chi connectivity index (χ1) is 14.0.